The summed E-state index contributed by atoms with van der Waals surface area (Å²) < 4.78 is 0. The SMILES string of the molecule is CCCCCCCCN(C)c1ccc(N=C(C#N)C(N)=C(C#N)C#N)cc1. The van der Waals surface area contributed by atoms with Gasteiger partial charge >= 0.3 is 0 Å². The lowest BCUT2D eigenvalue weighted by molar-refractivity contribution is 0.606. The molecule has 1 aromatic carbocycles. The van der Waals surface area contributed by atoms with Crippen LogP contribution in [0.25, 0.3) is 0 Å². The molecule has 6 nitrogen and oxygen atoms in total. The largest absolute Gasteiger partial charge is 0.395 e. The number of unbranched alkanes of at least 4 members (excludes halogenated alkanes) is 5. The Morgan fingerprint density at radius 1 is 0.963 bits per heavy atom. The minimum Gasteiger partial charge on any atom is -0.395 e. The fourth-order valence-electron chi connectivity index (χ4n) is 2.58. The summed E-state index contributed by atoms with van der Waals surface area (Å²) in [7, 11) is 2.05. The Labute approximate surface area is 161 Å². The zero-order chi connectivity index (χ0) is 20.1. The second-order valence-corrected chi connectivity index (χ2v) is 6.29. The second kappa shape index (κ2) is 12.1. The van der Waals surface area contributed by atoms with Gasteiger partial charge in [0.25, 0.3) is 0 Å². The number of allylic oxidation sites excluding steroid dienone is 2. The van der Waals surface area contributed by atoms with E-state index in [1.807, 2.05) is 18.2 Å². The van der Waals surface area contributed by atoms with Crippen LogP contribution in [0.2, 0.25) is 0 Å². The molecule has 1 rings (SSSR count). The summed E-state index contributed by atoms with van der Waals surface area (Å²) in [5.41, 5.74) is 6.65. The maximum absolute atomic E-state index is 9.19. The van der Waals surface area contributed by atoms with Crippen molar-refractivity contribution in [3.05, 3.63) is 35.5 Å². The Morgan fingerprint density at radius 2 is 1.56 bits per heavy atom. The Balaban J connectivity index is 2.73. The highest BCUT2D eigenvalue weighted by Gasteiger charge is 2.10. The van der Waals surface area contributed by atoms with Gasteiger partial charge in [0.05, 0.1) is 11.4 Å². The predicted octanol–water partition coefficient (Wildman–Crippen LogP) is 4.34. The Hall–Kier alpha value is -3.30. The molecule has 0 aromatic heterocycles. The van der Waals surface area contributed by atoms with Crippen LogP contribution in [0, 0.1) is 34.0 Å². The number of aliphatic imine (C=N–C) groups is 1. The number of nitrogens with zero attached hydrogens (tertiary/aromatic N) is 5. The van der Waals surface area contributed by atoms with Crippen LogP contribution in [-0.2, 0) is 0 Å². The molecule has 0 amide bonds. The van der Waals surface area contributed by atoms with Gasteiger partial charge in [-0.3, -0.25) is 0 Å². The van der Waals surface area contributed by atoms with Crippen molar-refractivity contribution >= 4 is 17.1 Å². The van der Waals surface area contributed by atoms with Crippen molar-refractivity contribution in [1.29, 1.82) is 15.8 Å². The van der Waals surface area contributed by atoms with Gasteiger partial charge in [-0.15, -0.1) is 0 Å². The van der Waals surface area contributed by atoms with Gasteiger partial charge in [0.2, 0.25) is 0 Å². The Bertz CT molecular complexity index is 768. The van der Waals surface area contributed by atoms with E-state index in [2.05, 4.69) is 23.9 Å². The standard InChI is InChI=1S/C21H26N6/c1-3-4-5-6-7-8-13-27(2)19-11-9-18(10-12-19)26-20(16-24)21(25)17(14-22)15-23/h9-12H,3-8,13,25H2,1-2H3. The number of nitriles is 3. The van der Waals surface area contributed by atoms with Crippen LogP contribution in [0.4, 0.5) is 11.4 Å². The second-order valence-electron chi connectivity index (χ2n) is 6.29. The van der Waals surface area contributed by atoms with Gasteiger partial charge < -0.3 is 10.6 Å². The molecule has 6 heteroatoms. The lowest BCUT2D eigenvalue weighted by Crippen LogP contribution is -2.18. The van der Waals surface area contributed by atoms with E-state index in [0.717, 1.165) is 18.7 Å². The molecule has 0 bridgehead atoms. The van der Waals surface area contributed by atoms with Crippen molar-refractivity contribution in [1.82, 2.24) is 0 Å². The van der Waals surface area contributed by atoms with Crippen LogP contribution >= 0.6 is 0 Å². The molecule has 0 atom stereocenters. The van der Waals surface area contributed by atoms with Crippen LogP contribution in [0.1, 0.15) is 45.4 Å². The van der Waals surface area contributed by atoms with Gasteiger partial charge in [-0.2, -0.15) is 15.8 Å². The van der Waals surface area contributed by atoms with Crippen LogP contribution in [0.5, 0.6) is 0 Å². The average Bonchev–Trinajstić information content (AvgIpc) is 2.69. The molecule has 0 heterocycles. The van der Waals surface area contributed by atoms with Gasteiger partial charge in [-0.05, 0) is 30.7 Å². The quantitative estimate of drug-likeness (QED) is 0.378. The molecule has 140 valence electrons. The van der Waals surface area contributed by atoms with Crippen molar-refractivity contribution in [2.24, 2.45) is 10.7 Å². The van der Waals surface area contributed by atoms with Gasteiger partial charge in [-0.1, -0.05) is 39.0 Å². The van der Waals surface area contributed by atoms with E-state index in [0.29, 0.717) is 5.69 Å². The lowest BCUT2D eigenvalue weighted by atomic mass is 10.1. The normalized spacial score (nSPS) is 10.4. The van der Waals surface area contributed by atoms with E-state index in [-0.39, 0.29) is 17.0 Å². The van der Waals surface area contributed by atoms with Crippen LogP contribution in [0.3, 0.4) is 0 Å². The maximum Gasteiger partial charge on any atom is 0.166 e. The third-order valence-electron chi connectivity index (χ3n) is 4.23. The van der Waals surface area contributed by atoms with Gasteiger partial charge in [-0.25, -0.2) is 4.99 Å². The number of benzene rings is 1. The first-order valence-electron chi connectivity index (χ1n) is 9.17. The van der Waals surface area contributed by atoms with Gasteiger partial charge in [0.1, 0.15) is 18.2 Å². The summed E-state index contributed by atoms with van der Waals surface area (Å²) in [5.74, 6) is 0. The van der Waals surface area contributed by atoms with Crippen LogP contribution in [-0.4, -0.2) is 19.3 Å². The molecule has 0 fully saturated rings. The van der Waals surface area contributed by atoms with E-state index >= 15 is 0 Å². The van der Waals surface area contributed by atoms with Crippen molar-refractivity contribution in [2.45, 2.75) is 45.4 Å². The summed E-state index contributed by atoms with van der Waals surface area (Å²) in [6, 6.07) is 12.6. The minimum absolute atomic E-state index is 0.138. The molecule has 0 spiro atoms. The molecule has 1 aromatic rings. The summed E-state index contributed by atoms with van der Waals surface area (Å²) >= 11 is 0. The molecule has 0 radical (unpaired) electrons. The number of anilines is 1. The maximum atomic E-state index is 9.19. The molecule has 0 unspecified atom stereocenters. The molecule has 0 aliphatic heterocycles. The summed E-state index contributed by atoms with van der Waals surface area (Å²) in [6.45, 7) is 3.21. The predicted molar refractivity (Wildman–Crippen MR) is 108 cm³/mol. The van der Waals surface area contributed by atoms with Crippen LogP contribution < -0.4 is 10.6 Å². The number of hydrogen-bond donors (Lipinski definition) is 1. The van der Waals surface area contributed by atoms with E-state index < -0.39 is 0 Å². The Morgan fingerprint density at radius 3 is 2.11 bits per heavy atom. The van der Waals surface area contributed by atoms with Crippen molar-refractivity contribution < 1.29 is 0 Å². The van der Waals surface area contributed by atoms with Gasteiger partial charge in [0, 0.05) is 19.3 Å². The zero-order valence-corrected chi connectivity index (χ0v) is 16.1. The summed E-state index contributed by atoms with van der Waals surface area (Å²) in [6.07, 6.45) is 7.57. The third kappa shape index (κ3) is 7.22. The first-order valence-corrected chi connectivity index (χ1v) is 9.17. The zero-order valence-electron chi connectivity index (χ0n) is 16.1. The fraction of sp³-hybridized carbons (Fsp3) is 0.429. The first kappa shape index (κ1) is 21.7. The monoisotopic (exact) mass is 362 g/mol. The summed E-state index contributed by atoms with van der Waals surface area (Å²) in [4.78, 5) is 6.34. The fourth-order valence-corrected chi connectivity index (χ4v) is 2.58. The van der Waals surface area contributed by atoms with E-state index in [1.54, 1.807) is 24.3 Å². The lowest BCUT2D eigenvalue weighted by Gasteiger charge is -2.19. The average molecular weight is 362 g/mol. The molecule has 0 aliphatic rings. The molecule has 0 saturated carbocycles. The van der Waals surface area contributed by atoms with E-state index in [1.165, 1.54) is 32.1 Å². The topological polar surface area (TPSA) is 113 Å². The molecular weight excluding hydrogens is 336 g/mol. The minimum atomic E-state index is -0.314. The molecule has 2 N–H and O–H groups in total. The van der Waals surface area contributed by atoms with Gasteiger partial charge in [0.15, 0.2) is 11.3 Å². The molecular formula is C21H26N6. The van der Waals surface area contributed by atoms with Crippen molar-refractivity contribution in [3.63, 3.8) is 0 Å². The Kier molecular flexibility index (Phi) is 9.76. The molecule has 27 heavy (non-hydrogen) atoms. The highest BCUT2D eigenvalue weighted by molar-refractivity contribution is 6.13. The number of hydrogen-bond acceptors (Lipinski definition) is 6. The summed E-state index contributed by atoms with van der Waals surface area (Å²) in [5, 5.41) is 26.9. The smallest absolute Gasteiger partial charge is 0.166 e. The van der Waals surface area contributed by atoms with E-state index in [4.69, 9.17) is 16.3 Å². The van der Waals surface area contributed by atoms with E-state index in [9.17, 15) is 5.26 Å². The number of rotatable bonds is 10. The van der Waals surface area contributed by atoms with Crippen LogP contribution in [0.15, 0.2) is 40.5 Å². The highest BCUT2D eigenvalue weighted by atomic mass is 15.1. The third-order valence-corrected chi connectivity index (χ3v) is 4.23. The number of nitrogens with two attached hydrogens (primary N) is 1. The van der Waals surface area contributed by atoms with Crippen molar-refractivity contribution in [3.8, 4) is 18.2 Å². The first-order chi connectivity index (χ1) is 13.1. The molecule has 0 aliphatic carbocycles. The molecule has 0 saturated heterocycles. The van der Waals surface area contributed by atoms with Crippen molar-refractivity contribution in [2.75, 3.05) is 18.5 Å². The highest BCUT2D eigenvalue weighted by Crippen LogP contribution is 2.20.